The second-order valence-electron chi connectivity index (χ2n) is 4.14. The molecule has 1 fully saturated rings. The van der Waals surface area contributed by atoms with Crippen LogP contribution in [-0.4, -0.2) is 5.91 Å². The van der Waals surface area contributed by atoms with Gasteiger partial charge in [0.15, 0.2) is 0 Å². The molecule has 1 aliphatic carbocycles. The maximum atomic E-state index is 11.8. The monoisotopic (exact) mass is 379 g/mol. The number of carbonyl (C=O) groups excluding carboxylic acids is 1. The first-order chi connectivity index (χ1) is 7.01. The maximum Gasteiger partial charge on any atom is 0.230 e. The number of carbonyl (C=O) groups is 1. The Hall–Kier alpha value is -0.100. The molecule has 0 aliphatic heterocycles. The molecule has 0 aromatic heterocycles. The molecule has 2 nitrogen and oxygen atoms in total. The van der Waals surface area contributed by atoms with Crippen molar-refractivity contribution in [1.29, 1.82) is 0 Å². The molecule has 4 heteroatoms. The summed E-state index contributed by atoms with van der Waals surface area (Å²) in [5.74, 6) is 0.138. The maximum absolute atomic E-state index is 11.8. The van der Waals surface area contributed by atoms with Gasteiger partial charge in [-0.3, -0.25) is 4.79 Å². The van der Waals surface area contributed by atoms with Crippen LogP contribution >= 0.6 is 38.5 Å². The van der Waals surface area contributed by atoms with Crippen LogP contribution in [0.4, 0.5) is 5.69 Å². The predicted octanol–water partition coefficient (Wildman–Crippen LogP) is 3.79. The molecule has 80 valence electrons. The van der Waals surface area contributed by atoms with Crippen LogP contribution in [-0.2, 0) is 4.79 Å². The number of halogens is 2. The minimum Gasteiger partial charge on any atom is -0.325 e. The van der Waals surface area contributed by atoms with Gasteiger partial charge in [0, 0.05) is 13.5 Å². The highest BCUT2D eigenvalue weighted by molar-refractivity contribution is 14.1. The van der Waals surface area contributed by atoms with Crippen LogP contribution in [0, 0.1) is 8.99 Å². The molecule has 0 radical (unpaired) electrons. The minimum atomic E-state index is -0.120. The molecule has 0 saturated heterocycles. The first-order valence-electron chi connectivity index (χ1n) is 4.78. The molecule has 0 bridgehead atoms. The third-order valence-corrected chi connectivity index (χ3v) is 4.16. The molecule has 1 aliphatic rings. The van der Waals surface area contributed by atoms with Crippen molar-refractivity contribution in [3.8, 4) is 0 Å². The van der Waals surface area contributed by atoms with Crippen molar-refractivity contribution in [2.45, 2.75) is 19.8 Å². The van der Waals surface area contributed by atoms with Gasteiger partial charge in [-0.2, -0.15) is 0 Å². The molecule has 0 unspecified atom stereocenters. The summed E-state index contributed by atoms with van der Waals surface area (Å²) in [5, 5.41) is 2.98. The highest BCUT2D eigenvalue weighted by atomic mass is 127. The summed E-state index contributed by atoms with van der Waals surface area (Å²) in [6, 6.07) is 5.89. The molecule has 1 aromatic rings. The lowest BCUT2D eigenvalue weighted by Gasteiger charge is -2.11. The Morgan fingerprint density at radius 1 is 1.53 bits per heavy atom. The molecule has 0 heterocycles. The van der Waals surface area contributed by atoms with Gasteiger partial charge in [0.2, 0.25) is 5.91 Å². The van der Waals surface area contributed by atoms with Gasteiger partial charge in [-0.15, -0.1) is 0 Å². The van der Waals surface area contributed by atoms with Crippen molar-refractivity contribution < 1.29 is 4.79 Å². The fourth-order valence-corrected chi connectivity index (χ4v) is 2.11. The van der Waals surface area contributed by atoms with Crippen molar-refractivity contribution in [1.82, 2.24) is 0 Å². The first kappa shape index (κ1) is 11.4. The Labute approximate surface area is 111 Å². The van der Waals surface area contributed by atoms with Crippen LogP contribution < -0.4 is 5.32 Å². The van der Waals surface area contributed by atoms with E-state index < -0.39 is 0 Å². The van der Waals surface area contributed by atoms with Crippen molar-refractivity contribution in [3.05, 3.63) is 26.2 Å². The average molecular weight is 380 g/mol. The van der Waals surface area contributed by atoms with Gasteiger partial charge in [0.25, 0.3) is 0 Å². The van der Waals surface area contributed by atoms with Gasteiger partial charge >= 0.3 is 0 Å². The van der Waals surface area contributed by atoms with E-state index in [2.05, 4.69) is 43.8 Å². The third-order valence-electron chi connectivity index (χ3n) is 2.72. The van der Waals surface area contributed by atoms with Gasteiger partial charge in [0.1, 0.15) is 0 Å². The second kappa shape index (κ2) is 4.05. The Morgan fingerprint density at radius 2 is 2.20 bits per heavy atom. The van der Waals surface area contributed by atoms with E-state index in [0.717, 1.165) is 26.6 Å². The van der Waals surface area contributed by atoms with E-state index in [1.165, 1.54) is 0 Å². The number of benzene rings is 1. The number of amides is 1. The quantitative estimate of drug-likeness (QED) is 0.778. The van der Waals surface area contributed by atoms with E-state index in [0.29, 0.717) is 0 Å². The van der Waals surface area contributed by atoms with Gasteiger partial charge in [-0.05, 0) is 53.6 Å². The van der Waals surface area contributed by atoms with Crippen molar-refractivity contribution in [3.63, 3.8) is 0 Å². The molecule has 15 heavy (non-hydrogen) atoms. The van der Waals surface area contributed by atoms with Gasteiger partial charge < -0.3 is 5.32 Å². The van der Waals surface area contributed by atoms with E-state index in [9.17, 15) is 4.79 Å². The van der Waals surface area contributed by atoms with Crippen LogP contribution in [0.2, 0.25) is 0 Å². The summed E-state index contributed by atoms with van der Waals surface area (Å²) in [4.78, 5) is 11.8. The zero-order chi connectivity index (χ0) is 11.1. The van der Waals surface area contributed by atoms with Crippen LogP contribution in [0.3, 0.4) is 0 Å². The molecule has 1 saturated carbocycles. The molecule has 1 aromatic carbocycles. The van der Waals surface area contributed by atoms with Crippen molar-refractivity contribution in [2.24, 2.45) is 5.41 Å². The predicted molar refractivity (Wildman–Crippen MR) is 72.8 cm³/mol. The Kier molecular flexibility index (Phi) is 3.07. The zero-order valence-electron chi connectivity index (χ0n) is 8.31. The Balaban J connectivity index is 2.16. The zero-order valence-corrected chi connectivity index (χ0v) is 12.1. The van der Waals surface area contributed by atoms with Crippen LogP contribution in [0.25, 0.3) is 0 Å². The summed E-state index contributed by atoms with van der Waals surface area (Å²) >= 11 is 5.62. The smallest absolute Gasteiger partial charge is 0.230 e. The van der Waals surface area contributed by atoms with E-state index in [4.69, 9.17) is 0 Å². The number of rotatable bonds is 2. The molecule has 1 N–H and O–H groups in total. The summed E-state index contributed by atoms with van der Waals surface area (Å²) in [6.07, 6.45) is 2.01. The first-order valence-corrected chi connectivity index (χ1v) is 6.65. The molecular formula is C11H11BrINO. The summed E-state index contributed by atoms with van der Waals surface area (Å²) in [7, 11) is 0. The number of nitrogens with one attached hydrogen (secondary N) is 1. The molecule has 0 atom stereocenters. The third kappa shape index (κ3) is 2.53. The second-order valence-corrected chi connectivity index (χ2v) is 6.22. The normalized spacial score (nSPS) is 17.3. The lowest BCUT2D eigenvalue weighted by Crippen LogP contribution is -2.21. The molecule has 2 rings (SSSR count). The van der Waals surface area contributed by atoms with Gasteiger partial charge in [0.05, 0.1) is 5.69 Å². The largest absolute Gasteiger partial charge is 0.325 e. The van der Waals surface area contributed by atoms with E-state index in [-0.39, 0.29) is 11.3 Å². The summed E-state index contributed by atoms with van der Waals surface area (Å²) in [6.45, 7) is 2.01. The Bertz CT molecular complexity index is 415. The van der Waals surface area contributed by atoms with Crippen LogP contribution in [0.15, 0.2) is 22.7 Å². The van der Waals surface area contributed by atoms with Crippen LogP contribution in [0.1, 0.15) is 19.8 Å². The minimum absolute atomic E-state index is 0.120. The molecule has 1 amide bonds. The molecule has 0 spiro atoms. The fraction of sp³-hybridized carbons (Fsp3) is 0.364. The fourth-order valence-electron chi connectivity index (χ4n) is 1.28. The lowest BCUT2D eigenvalue weighted by atomic mass is 10.1. The summed E-state index contributed by atoms with van der Waals surface area (Å²) < 4.78 is 2.05. The number of hydrogen-bond donors (Lipinski definition) is 1. The Morgan fingerprint density at radius 3 is 2.80 bits per heavy atom. The van der Waals surface area contributed by atoms with Crippen LogP contribution in [0.5, 0.6) is 0 Å². The number of anilines is 1. The highest BCUT2D eigenvalue weighted by Gasteiger charge is 2.44. The summed E-state index contributed by atoms with van der Waals surface area (Å²) in [5.41, 5.74) is 0.772. The lowest BCUT2D eigenvalue weighted by molar-refractivity contribution is -0.120. The molecular weight excluding hydrogens is 369 g/mol. The van der Waals surface area contributed by atoms with E-state index >= 15 is 0 Å². The van der Waals surface area contributed by atoms with Gasteiger partial charge in [-0.25, -0.2) is 0 Å². The van der Waals surface area contributed by atoms with E-state index in [1.807, 2.05) is 25.1 Å². The van der Waals surface area contributed by atoms with Crippen molar-refractivity contribution in [2.75, 3.05) is 5.32 Å². The van der Waals surface area contributed by atoms with Gasteiger partial charge in [-0.1, -0.05) is 22.9 Å². The van der Waals surface area contributed by atoms with Crippen molar-refractivity contribution >= 4 is 50.1 Å². The average Bonchev–Trinajstić information content (AvgIpc) is 2.91. The number of hydrogen-bond acceptors (Lipinski definition) is 1. The van der Waals surface area contributed by atoms with E-state index in [1.54, 1.807) is 0 Å². The topological polar surface area (TPSA) is 29.1 Å². The highest BCUT2D eigenvalue weighted by Crippen LogP contribution is 2.46. The SMILES string of the molecule is CC1(C(=O)Nc2cc(Br)ccc2I)CC1. The standard InChI is InChI=1S/C11H11BrINO/c1-11(4-5-11)10(15)14-9-6-7(12)2-3-8(9)13/h2-3,6H,4-5H2,1H3,(H,14,15).